The smallest absolute Gasteiger partial charge is 0.248 e. The summed E-state index contributed by atoms with van der Waals surface area (Å²) < 4.78 is 0. The van der Waals surface area contributed by atoms with Gasteiger partial charge in [-0.15, -0.1) is 11.3 Å². The fraction of sp³-hybridized carbons (Fsp3) is 0.190. The fourth-order valence-corrected chi connectivity index (χ4v) is 4.12. The summed E-state index contributed by atoms with van der Waals surface area (Å²) in [4.78, 5) is 28.5. The molecule has 0 aliphatic carbocycles. The van der Waals surface area contributed by atoms with Crippen LogP contribution in [0.5, 0.6) is 0 Å². The Morgan fingerprint density at radius 2 is 1.74 bits per heavy atom. The highest BCUT2D eigenvalue weighted by Crippen LogP contribution is 2.32. The van der Waals surface area contributed by atoms with Gasteiger partial charge in [0.1, 0.15) is 0 Å². The van der Waals surface area contributed by atoms with Crippen LogP contribution in [0.15, 0.2) is 42.5 Å². The summed E-state index contributed by atoms with van der Waals surface area (Å²) in [6.45, 7) is 3.99. The van der Waals surface area contributed by atoms with Crippen molar-refractivity contribution in [1.29, 1.82) is 0 Å². The third-order valence-electron chi connectivity index (χ3n) is 4.45. The summed E-state index contributed by atoms with van der Waals surface area (Å²) in [5.41, 5.74) is 15.8. The van der Waals surface area contributed by atoms with Gasteiger partial charge in [-0.3, -0.25) is 9.59 Å². The zero-order valence-electron chi connectivity index (χ0n) is 15.3. The van der Waals surface area contributed by atoms with Crippen molar-refractivity contribution in [3.05, 3.63) is 75.4 Å². The number of nitrogens with two attached hydrogens (primary N) is 2. The Morgan fingerprint density at radius 3 is 2.33 bits per heavy atom. The molecular weight excluding hydrogens is 358 g/mol. The molecule has 2 amide bonds. The van der Waals surface area contributed by atoms with Crippen molar-refractivity contribution in [2.24, 2.45) is 11.5 Å². The molecule has 2 aromatic carbocycles. The van der Waals surface area contributed by atoms with Crippen LogP contribution >= 0.6 is 11.3 Å². The maximum atomic E-state index is 11.6. The molecule has 3 rings (SSSR count). The lowest BCUT2D eigenvalue weighted by Crippen LogP contribution is -2.13. The quantitative estimate of drug-likeness (QED) is 0.686. The topological polar surface area (TPSA) is 99.1 Å². The Kier molecular flexibility index (Phi) is 5.37. The number of nitrogens with zero attached hydrogens (tertiary/aromatic N) is 1. The summed E-state index contributed by atoms with van der Waals surface area (Å²) in [5.74, 6) is -0.834. The number of carbonyl (C=O) groups excluding carboxylic acids is 2. The van der Waals surface area contributed by atoms with Gasteiger partial charge in [-0.25, -0.2) is 4.98 Å². The van der Waals surface area contributed by atoms with Crippen molar-refractivity contribution >= 4 is 23.2 Å². The second-order valence-corrected chi connectivity index (χ2v) is 7.43. The molecule has 0 saturated heterocycles. The van der Waals surface area contributed by atoms with Crippen LogP contribution in [-0.4, -0.2) is 16.8 Å². The van der Waals surface area contributed by atoms with Crippen molar-refractivity contribution in [2.45, 2.75) is 26.7 Å². The SMILES string of the molecule is CCc1cc(-c2sc(Cc3ccc(C(N)=O)cc3)nc2C)ccc1C(N)=O. The van der Waals surface area contributed by atoms with Gasteiger partial charge in [0.05, 0.1) is 15.6 Å². The second kappa shape index (κ2) is 7.72. The van der Waals surface area contributed by atoms with Gasteiger partial charge in [-0.2, -0.15) is 0 Å². The monoisotopic (exact) mass is 379 g/mol. The predicted octanol–water partition coefficient (Wildman–Crippen LogP) is 3.47. The van der Waals surface area contributed by atoms with Crippen LogP contribution in [0.1, 0.15) is 49.5 Å². The molecule has 0 radical (unpaired) electrons. The highest BCUT2D eigenvalue weighted by atomic mass is 32.1. The zero-order valence-corrected chi connectivity index (χ0v) is 16.1. The lowest BCUT2D eigenvalue weighted by molar-refractivity contribution is 0.0991. The number of amides is 2. The molecule has 6 heteroatoms. The number of hydrogen-bond acceptors (Lipinski definition) is 4. The highest BCUT2D eigenvalue weighted by Gasteiger charge is 2.14. The van der Waals surface area contributed by atoms with Crippen molar-refractivity contribution < 1.29 is 9.59 Å². The summed E-state index contributed by atoms with van der Waals surface area (Å²) in [7, 11) is 0. The molecule has 5 nitrogen and oxygen atoms in total. The minimum Gasteiger partial charge on any atom is -0.366 e. The van der Waals surface area contributed by atoms with Gasteiger partial charge in [-0.1, -0.05) is 25.1 Å². The minimum atomic E-state index is -0.430. The molecule has 27 heavy (non-hydrogen) atoms. The minimum absolute atomic E-state index is 0.403. The first-order chi connectivity index (χ1) is 12.9. The number of hydrogen-bond donors (Lipinski definition) is 2. The Bertz CT molecular complexity index is 1010. The van der Waals surface area contributed by atoms with Crippen LogP contribution in [0.3, 0.4) is 0 Å². The highest BCUT2D eigenvalue weighted by molar-refractivity contribution is 7.15. The lowest BCUT2D eigenvalue weighted by Gasteiger charge is -2.07. The third-order valence-corrected chi connectivity index (χ3v) is 5.65. The van der Waals surface area contributed by atoms with E-state index in [9.17, 15) is 9.59 Å². The second-order valence-electron chi connectivity index (χ2n) is 6.35. The van der Waals surface area contributed by atoms with Gasteiger partial charge < -0.3 is 11.5 Å². The molecule has 0 aliphatic heterocycles. The van der Waals surface area contributed by atoms with Crippen molar-refractivity contribution in [2.75, 3.05) is 0 Å². The van der Waals surface area contributed by atoms with Gasteiger partial charge in [0.15, 0.2) is 0 Å². The molecule has 1 aromatic heterocycles. The molecule has 0 bridgehead atoms. The van der Waals surface area contributed by atoms with E-state index in [2.05, 4.69) is 4.98 Å². The van der Waals surface area contributed by atoms with Crippen molar-refractivity contribution in [1.82, 2.24) is 4.98 Å². The molecular formula is C21H21N3O2S. The Morgan fingerprint density at radius 1 is 1.04 bits per heavy atom. The maximum absolute atomic E-state index is 11.6. The molecule has 138 valence electrons. The van der Waals surface area contributed by atoms with E-state index < -0.39 is 11.8 Å². The molecule has 4 N–H and O–H groups in total. The third kappa shape index (κ3) is 4.06. The molecule has 0 unspecified atom stereocenters. The van der Waals surface area contributed by atoms with Gasteiger partial charge in [0, 0.05) is 17.5 Å². The van der Waals surface area contributed by atoms with E-state index in [-0.39, 0.29) is 0 Å². The van der Waals surface area contributed by atoms with Crippen LogP contribution in [0, 0.1) is 6.92 Å². The average molecular weight is 379 g/mol. The van der Waals surface area contributed by atoms with Crippen LogP contribution in [0.2, 0.25) is 0 Å². The standard InChI is InChI=1S/C21H21N3O2S/c1-3-14-11-16(8-9-17(14)21(23)26)19-12(2)24-18(27-19)10-13-4-6-15(7-5-13)20(22)25/h4-9,11H,3,10H2,1-2H3,(H2,22,25)(H2,23,26). The first-order valence-corrected chi connectivity index (χ1v) is 9.48. The summed E-state index contributed by atoms with van der Waals surface area (Å²) >= 11 is 1.63. The Labute approximate surface area is 162 Å². The number of carbonyl (C=O) groups is 2. The lowest BCUT2D eigenvalue weighted by atomic mass is 10.0. The molecule has 0 atom stereocenters. The van der Waals surface area contributed by atoms with E-state index in [1.54, 1.807) is 29.5 Å². The fourth-order valence-electron chi connectivity index (χ4n) is 3.03. The van der Waals surface area contributed by atoms with Crippen molar-refractivity contribution in [3.8, 4) is 10.4 Å². The average Bonchev–Trinajstić information content (AvgIpc) is 3.01. The van der Waals surface area contributed by atoms with Gasteiger partial charge >= 0.3 is 0 Å². The van der Waals surface area contributed by atoms with E-state index in [4.69, 9.17) is 11.5 Å². The predicted molar refractivity (Wildman–Crippen MR) is 108 cm³/mol. The largest absolute Gasteiger partial charge is 0.366 e. The number of aromatic nitrogens is 1. The van der Waals surface area contributed by atoms with E-state index >= 15 is 0 Å². The normalized spacial score (nSPS) is 10.7. The summed E-state index contributed by atoms with van der Waals surface area (Å²) in [6, 6.07) is 13.0. The van der Waals surface area contributed by atoms with Crippen LogP contribution in [0.4, 0.5) is 0 Å². The van der Waals surface area contributed by atoms with E-state index in [1.165, 1.54) is 0 Å². The first-order valence-electron chi connectivity index (χ1n) is 8.67. The van der Waals surface area contributed by atoms with Crippen molar-refractivity contribution in [3.63, 3.8) is 0 Å². The van der Waals surface area contributed by atoms with Crippen LogP contribution in [-0.2, 0) is 12.8 Å². The molecule has 1 heterocycles. The van der Waals surface area contributed by atoms with E-state index in [0.717, 1.165) is 38.7 Å². The number of primary amides is 2. The maximum Gasteiger partial charge on any atom is 0.248 e. The number of thiazole rings is 1. The first kappa shape index (κ1) is 18.8. The molecule has 0 aliphatic rings. The summed E-state index contributed by atoms with van der Waals surface area (Å²) in [6.07, 6.45) is 1.42. The van der Waals surface area contributed by atoms with Gasteiger partial charge in [0.25, 0.3) is 0 Å². The number of rotatable bonds is 6. The van der Waals surface area contributed by atoms with Gasteiger partial charge in [0.2, 0.25) is 11.8 Å². The molecule has 0 saturated carbocycles. The Hall–Kier alpha value is -2.99. The zero-order chi connectivity index (χ0) is 19.6. The number of aryl methyl sites for hydroxylation is 2. The molecule has 3 aromatic rings. The van der Waals surface area contributed by atoms with Gasteiger partial charge in [-0.05, 0) is 54.3 Å². The number of benzene rings is 2. The molecule has 0 spiro atoms. The van der Waals surface area contributed by atoms with E-state index in [1.807, 2.05) is 38.1 Å². The van der Waals surface area contributed by atoms with Crippen LogP contribution < -0.4 is 11.5 Å². The van der Waals surface area contributed by atoms with E-state index in [0.29, 0.717) is 17.5 Å². The summed E-state index contributed by atoms with van der Waals surface area (Å²) in [5, 5.41) is 0.992. The van der Waals surface area contributed by atoms with Crippen LogP contribution in [0.25, 0.3) is 10.4 Å². The molecule has 0 fully saturated rings. The Balaban J connectivity index is 1.88.